The maximum Gasteiger partial charge on any atom is 0.258 e. The summed E-state index contributed by atoms with van der Waals surface area (Å²) in [5, 5.41) is 10.9. The van der Waals surface area contributed by atoms with Crippen molar-refractivity contribution < 1.29 is 4.79 Å². The molecule has 0 unspecified atom stereocenters. The molecular weight excluding hydrogens is 376 g/mol. The van der Waals surface area contributed by atoms with Crippen LogP contribution in [0.4, 0.5) is 11.5 Å². The minimum absolute atomic E-state index is 0.143. The Kier molecular flexibility index (Phi) is 5.11. The summed E-state index contributed by atoms with van der Waals surface area (Å²) < 4.78 is 1.99. The summed E-state index contributed by atoms with van der Waals surface area (Å²) in [6.45, 7) is 11.1. The number of rotatable bonds is 5. The number of amides is 1. The molecule has 3 aromatic heterocycles. The monoisotopic (exact) mass is 402 g/mol. The van der Waals surface area contributed by atoms with Crippen LogP contribution in [0, 0.1) is 19.8 Å². The molecule has 0 saturated carbocycles. The van der Waals surface area contributed by atoms with Crippen LogP contribution in [0.15, 0.2) is 42.5 Å². The van der Waals surface area contributed by atoms with Gasteiger partial charge >= 0.3 is 0 Å². The minimum Gasteiger partial charge on any atom is -0.342 e. The molecule has 0 bridgehead atoms. The van der Waals surface area contributed by atoms with E-state index in [-0.39, 0.29) is 5.91 Å². The van der Waals surface area contributed by atoms with E-state index in [1.807, 2.05) is 43.7 Å². The first kappa shape index (κ1) is 19.8. The second kappa shape index (κ2) is 7.74. The Bertz CT molecular complexity index is 1160. The Labute approximate surface area is 176 Å². The van der Waals surface area contributed by atoms with Crippen molar-refractivity contribution in [3.8, 4) is 11.3 Å². The van der Waals surface area contributed by atoms with Crippen LogP contribution in [-0.2, 0) is 11.3 Å². The Morgan fingerprint density at radius 1 is 1.20 bits per heavy atom. The van der Waals surface area contributed by atoms with Gasteiger partial charge in [-0.25, -0.2) is 0 Å². The van der Waals surface area contributed by atoms with Crippen LogP contribution in [0.3, 0.4) is 0 Å². The first-order valence-corrected chi connectivity index (χ1v) is 10.1. The molecule has 2 N–H and O–H groups in total. The van der Waals surface area contributed by atoms with E-state index in [0.717, 1.165) is 46.1 Å². The van der Waals surface area contributed by atoms with Gasteiger partial charge in [0.1, 0.15) is 0 Å². The molecule has 0 atom stereocenters. The number of allylic oxidation sites excluding steroid dienone is 1. The summed E-state index contributed by atoms with van der Waals surface area (Å²) in [5.41, 5.74) is 6.80. The molecular formula is C23H26N6O. The Morgan fingerprint density at radius 3 is 2.73 bits per heavy atom. The predicted molar refractivity (Wildman–Crippen MR) is 119 cm³/mol. The van der Waals surface area contributed by atoms with Gasteiger partial charge in [0.15, 0.2) is 5.82 Å². The fourth-order valence-corrected chi connectivity index (χ4v) is 3.68. The van der Waals surface area contributed by atoms with Crippen molar-refractivity contribution in [1.82, 2.24) is 19.7 Å². The third-order valence-corrected chi connectivity index (χ3v) is 5.17. The first-order valence-electron chi connectivity index (χ1n) is 10.1. The molecule has 4 heterocycles. The molecule has 4 rings (SSSR count). The normalized spacial score (nSPS) is 14.7. The fourth-order valence-electron chi connectivity index (χ4n) is 3.68. The van der Waals surface area contributed by atoms with Gasteiger partial charge in [0.25, 0.3) is 5.91 Å². The van der Waals surface area contributed by atoms with E-state index in [9.17, 15) is 4.79 Å². The van der Waals surface area contributed by atoms with Crippen molar-refractivity contribution in [2.45, 2.75) is 41.2 Å². The summed E-state index contributed by atoms with van der Waals surface area (Å²) in [5.74, 6) is 1.09. The van der Waals surface area contributed by atoms with Gasteiger partial charge in [-0.15, -0.1) is 0 Å². The molecule has 1 amide bonds. The van der Waals surface area contributed by atoms with Crippen LogP contribution in [0.25, 0.3) is 16.8 Å². The number of hydrogen-bond donors (Lipinski definition) is 2. The zero-order chi connectivity index (χ0) is 21.4. The number of carbonyl (C=O) groups excluding carboxylic acids is 1. The van der Waals surface area contributed by atoms with Crippen LogP contribution < -0.4 is 10.6 Å². The molecule has 0 fully saturated rings. The first-order chi connectivity index (χ1) is 14.3. The molecule has 0 radical (unpaired) electrons. The lowest BCUT2D eigenvalue weighted by Crippen LogP contribution is -2.10. The molecule has 30 heavy (non-hydrogen) atoms. The standard InChI is InChI=1S/C23H26N6O/c1-13(2)12-29-15(4)8-21(28-29)26-16(5)22-17-9-19(18-10-24-7-6-14(18)3)25-11-20(17)27-23(22)30/h6-11,13H,12H2,1-5H3,(H,26,28)(H,27,30)/b22-16-. The quantitative estimate of drug-likeness (QED) is 0.618. The number of nitrogens with zero attached hydrogens (tertiary/aromatic N) is 4. The lowest BCUT2D eigenvalue weighted by molar-refractivity contribution is -0.110. The van der Waals surface area contributed by atoms with Crippen LogP contribution >= 0.6 is 0 Å². The fraction of sp³-hybridized carbons (Fsp3) is 0.304. The second-order valence-electron chi connectivity index (χ2n) is 8.13. The summed E-state index contributed by atoms with van der Waals surface area (Å²) in [4.78, 5) is 21.5. The molecule has 7 nitrogen and oxygen atoms in total. The maximum absolute atomic E-state index is 12.7. The van der Waals surface area contributed by atoms with Crippen molar-refractivity contribution in [3.63, 3.8) is 0 Å². The lowest BCUT2D eigenvalue weighted by Gasteiger charge is -2.09. The van der Waals surface area contributed by atoms with Crippen molar-refractivity contribution in [1.29, 1.82) is 0 Å². The summed E-state index contributed by atoms with van der Waals surface area (Å²) in [6.07, 6.45) is 5.26. The summed E-state index contributed by atoms with van der Waals surface area (Å²) >= 11 is 0. The van der Waals surface area contributed by atoms with Gasteiger partial charge in [0.05, 0.1) is 23.2 Å². The molecule has 7 heteroatoms. The number of fused-ring (bicyclic) bond motifs is 1. The number of hydrogen-bond acceptors (Lipinski definition) is 5. The highest BCUT2D eigenvalue weighted by Gasteiger charge is 2.28. The number of aromatic nitrogens is 4. The summed E-state index contributed by atoms with van der Waals surface area (Å²) in [7, 11) is 0. The Morgan fingerprint density at radius 2 is 2.00 bits per heavy atom. The van der Waals surface area contributed by atoms with Crippen LogP contribution in [0.1, 0.15) is 37.6 Å². The lowest BCUT2D eigenvalue weighted by atomic mass is 10.0. The van der Waals surface area contributed by atoms with Crippen LogP contribution in [-0.4, -0.2) is 25.7 Å². The van der Waals surface area contributed by atoms with E-state index < -0.39 is 0 Å². The zero-order valence-corrected chi connectivity index (χ0v) is 17.9. The number of anilines is 2. The number of aryl methyl sites for hydroxylation is 2. The third kappa shape index (κ3) is 3.70. The highest BCUT2D eigenvalue weighted by Crippen LogP contribution is 2.36. The van der Waals surface area contributed by atoms with Crippen LogP contribution in [0.5, 0.6) is 0 Å². The minimum atomic E-state index is -0.143. The second-order valence-corrected chi connectivity index (χ2v) is 8.13. The van der Waals surface area contributed by atoms with E-state index in [4.69, 9.17) is 0 Å². The molecule has 0 aliphatic carbocycles. The van der Waals surface area contributed by atoms with Gasteiger partial charge in [-0.05, 0) is 44.4 Å². The van der Waals surface area contributed by atoms with E-state index in [2.05, 4.69) is 39.5 Å². The van der Waals surface area contributed by atoms with Crippen molar-refractivity contribution >= 4 is 23.0 Å². The topological polar surface area (TPSA) is 84.7 Å². The van der Waals surface area contributed by atoms with Gasteiger partial charge in [-0.2, -0.15) is 5.10 Å². The molecule has 1 aliphatic rings. The average Bonchev–Trinajstić information content (AvgIpc) is 3.19. The van der Waals surface area contributed by atoms with Crippen molar-refractivity contribution in [2.75, 3.05) is 10.6 Å². The number of nitrogens with one attached hydrogen (secondary N) is 2. The Balaban J connectivity index is 1.70. The SMILES string of the molecule is C/C(Nc1cc(C)n(CC(C)C)n1)=C1/C(=O)Nc2cnc(-c3cnccc3C)cc21. The molecule has 0 spiro atoms. The molecule has 1 aliphatic heterocycles. The highest BCUT2D eigenvalue weighted by molar-refractivity contribution is 6.32. The largest absolute Gasteiger partial charge is 0.342 e. The van der Waals surface area contributed by atoms with Gasteiger partial charge in [-0.3, -0.25) is 19.4 Å². The van der Waals surface area contributed by atoms with E-state index in [1.165, 1.54) is 0 Å². The maximum atomic E-state index is 12.7. The van der Waals surface area contributed by atoms with E-state index in [0.29, 0.717) is 17.2 Å². The van der Waals surface area contributed by atoms with Crippen molar-refractivity contribution in [2.24, 2.45) is 5.92 Å². The zero-order valence-electron chi connectivity index (χ0n) is 17.9. The van der Waals surface area contributed by atoms with Crippen molar-refractivity contribution in [3.05, 3.63) is 59.3 Å². The van der Waals surface area contributed by atoms with Crippen LogP contribution in [0.2, 0.25) is 0 Å². The number of carbonyl (C=O) groups is 1. The molecule has 0 aromatic carbocycles. The van der Waals surface area contributed by atoms with Gasteiger partial charge in [-0.1, -0.05) is 13.8 Å². The van der Waals surface area contributed by atoms with Gasteiger partial charge in [0.2, 0.25) is 0 Å². The van der Waals surface area contributed by atoms with Gasteiger partial charge < -0.3 is 10.6 Å². The molecule has 0 saturated heterocycles. The highest BCUT2D eigenvalue weighted by atomic mass is 16.2. The molecule has 3 aromatic rings. The van der Waals surface area contributed by atoms with E-state index >= 15 is 0 Å². The average molecular weight is 403 g/mol. The smallest absolute Gasteiger partial charge is 0.258 e. The Hall–Kier alpha value is -3.48. The van der Waals surface area contributed by atoms with E-state index in [1.54, 1.807) is 18.6 Å². The summed E-state index contributed by atoms with van der Waals surface area (Å²) in [6, 6.07) is 5.89. The predicted octanol–water partition coefficient (Wildman–Crippen LogP) is 4.41. The van der Waals surface area contributed by atoms with Gasteiger partial charge in [0, 0.05) is 47.5 Å². The third-order valence-electron chi connectivity index (χ3n) is 5.17. The number of pyridine rings is 2. The molecule has 154 valence electrons.